The second-order valence-corrected chi connectivity index (χ2v) is 6.61. The molecule has 1 unspecified atom stereocenters. The van der Waals surface area contributed by atoms with Crippen molar-refractivity contribution in [3.05, 3.63) is 34.9 Å². The van der Waals surface area contributed by atoms with Crippen LogP contribution in [0.15, 0.2) is 18.2 Å². The number of hydrogen-bond donors (Lipinski definition) is 0. The SMILES string of the molecule is Cc1ccc(C)c(CC(=O)N2CCCCC2CCBr)c1. The molecular formula is C17H24BrNO. The molecule has 1 amide bonds. The van der Waals surface area contributed by atoms with Crippen LogP contribution in [0.25, 0.3) is 0 Å². The zero-order valence-electron chi connectivity index (χ0n) is 12.5. The molecule has 0 saturated carbocycles. The van der Waals surface area contributed by atoms with E-state index in [4.69, 9.17) is 0 Å². The van der Waals surface area contributed by atoms with E-state index in [1.54, 1.807) is 0 Å². The lowest BCUT2D eigenvalue weighted by Crippen LogP contribution is -2.44. The largest absolute Gasteiger partial charge is 0.339 e. The number of carbonyl (C=O) groups excluding carboxylic acids is 1. The standard InChI is InChI=1S/C17H24BrNO/c1-13-6-7-14(2)15(11-13)12-17(20)19-10-4-3-5-16(19)8-9-18/h6-7,11,16H,3-5,8-10,12H2,1-2H3. The number of rotatable bonds is 4. The van der Waals surface area contributed by atoms with Crippen molar-refractivity contribution >= 4 is 21.8 Å². The normalized spacial score (nSPS) is 19.1. The summed E-state index contributed by atoms with van der Waals surface area (Å²) >= 11 is 3.51. The maximum atomic E-state index is 12.6. The third kappa shape index (κ3) is 3.85. The van der Waals surface area contributed by atoms with E-state index in [1.807, 2.05) is 0 Å². The predicted octanol–water partition coefficient (Wildman–Crippen LogP) is 4.01. The molecule has 1 atom stereocenters. The molecule has 1 saturated heterocycles. The van der Waals surface area contributed by atoms with Crippen LogP contribution < -0.4 is 0 Å². The number of piperidine rings is 1. The molecule has 1 aliphatic rings. The summed E-state index contributed by atoms with van der Waals surface area (Å²) in [5, 5.41) is 0.977. The summed E-state index contributed by atoms with van der Waals surface area (Å²) in [6, 6.07) is 6.80. The number of likely N-dealkylation sites (tertiary alicyclic amines) is 1. The Bertz CT molecular complexity index is 470. The van der Waals surface area contributed by atoms with Gasteiger partial charge in [0.25, 0.3) is 0 Å². The van der Waals surface area contributed by atoms with Crippen LogP contribution >= 0.6 is 15.9 Å². The summed E-state index contributed by atoms with van der Waals surface area (Å²) in [6.07, 6.45) is 5.18. The molecule has 0 radical (unpaired) electrons. The first-order chi connectivity index (χ1) is 9.61. The van der Waals surface area contributed by atoms with E-state index in [-0.39, 0.29) is 0 Å². The second-order valence-electron chi connectivity index (χ2n) is 5.82. The summed E-state index contributed by atoms with van der Waals surface area (Å²) in [6.45, 7) is 5.11. The highest BCUT2D eigenvalue weighted by Crippen LogP contribution is 2.22. The smallest absolute Gasteiger partial charge is 0.227 e. The summed E-state index contributed by atoms with van der Waals surface area (Å²) in [5.41, 5.74) is 3.63. The van der Waals surface area contributed by atoms with E-state index >= 15 is 0 Å². The molecular weight excluding hydrogens is 314 g/mol. The van der Waals surface area contributed by atoms with Crippen LogP contribution in [0.1, 0.15) is 42.4 Å². The molecule has 1 aromatic carbocycles. The minimum atomic E-state index is 0.296. The van der Waals surface area contributed by atoms with Crippen molar-refractivity contribution in [3.63, 3.8) is 0 Å². The minimum absolute atomic E-state index is 0.296. The number of amides is 1. The van der Waals surface area contributed by atoms with Crippen molar-refractivity contribution in [1.29, 1.82) is 0 Å². The van der Waals surface area contributed by atoms with Gasteiger partial charge >= 0.3 is 0 Å². The van der Waals surface area contributed by atoms with Crippen LogP contribution in [0.2, 0.25) is 0 Å². The first-order valence-electron chi connectivity index (χ1n) is 7.53. The Morgan fingerprint density at radius 2 is 2.15 bits per heavy atom. The number of alkyl halides is 1. The molecule has 0 N–H and O–H groups in total. The Morgan fingerprint density at radius 1 is 1.35 bits per heavy atom. The van der Waals surface area contributed by atoms with Gasteiger partial charge in [0.1, 0.15) is 0 Å². The molecule has 2 rings (SSSR count). The number of nitrogens with zero attached hydrogens (tertiary/aromatic N) is 1. The van der Waals surface area contributed by atoms with Crippen LogP contribution in [0.3, 0.4) is 0 Å². The van der Waals surface area contributed by atoms with Gasteiger partial charge in [0, 0.05) is 17.9 Å². The topological polar surface area (TPSA) is 20.3 Å². The summed E-state index contributed by atoms with van der Waals surface area (Å²) in [5.74, 6) is 0.296. The Kier molecular flexibility index (Phi) is 5.64. The highest BCUT2D eigenvalue weighted by atomic mass is 79.9. The maximum absolute atomic E-state index is 12.6. The van der Waals surface area contributed by atoms with Gasteiger partial charge < -0.3 is 4.90 Å². The summed E-state index contributed by atoms with van der Waals surface area (Å²) in [4.78, 5) is 14.7. The Labute approximate surface area is 130 Å². The highest BCUT2D eigenvalue weighted by Gasteiger charge is 2.26. The molecule has 0 aliphatic carbocycles. The predicted molar refractivity (Wildman–Crippen MR) is 87.4 cm³/mol. The molecule has 20 heavy (non-hydrogen) atoms. The summed E-state index contributed by atoms with van der Waals surface area (Å²) in [7, 11) is 0. The average Bonchev–Trinajstić information content (AvgIpc) is 2.44. The second kappa shape index (κ2) is 7.26. The molecule has 0 spiro atoms. The van der Waals surface area contributed by atoms with Crippen molar-refractivity contribution in [2.75, 3.05) is 11.9 Å². The first kappa shape index (κ1) is 15.6. The minimum Gasteiger partial charge on any atom is -0.339 e. The number of carbonyl (C=O) groups is 1. The fourth-order valence-electron chi connectivity index (χ4n) is 3.01. The van der Waals surface area contributed by atoms with E-state index in [1.165, 1.54) is 23.1 Å². The van der Waals surface area contributed by atoms with Gasteiger partial charge in [-0.15, -0.1) is 0 Å². The lowest BCUT2D eigenvalue weighted by Gasteiger charge is -2.36. The fraction of sp³-hybridized carbons (Fsp3) is 0.588. The van der Waals surface area contributed by atoms with Crippen LogP contribution in [-0.4, -0.2) is 28.7 Å². The molecule has 2 nitrogen and oxygen atoms in total. The number of aryl methyl sites for hydroxylation is 2. The van der Waals surface area contributed by atoms with Gasteiger partial charge in [-0.1, -0.05) is 39.7 Å². The molecule has 1 aliphatic heterocycles. The van der Waals surface area contributed by atoms with Gasteiger partial charge in [0.15, 0.2) is 0 Å². The third-order valence-corrected chi connectivity index (χ3v) is 4.69. The first-order valence-corrected chi connectivity index (χ1v) is 8.65. The van der Waals surface area contributed by atoms with Crippen molar-refractivity contribution in [2.45, 2.75) is 52.0 Å². The number of halogens is 1. The monoisotopic (exact) mass is 337 g/mol. The Hall–Kier alpha value is -0.830. The third-order valence-electron chi connectivity index (χ3n) is 4.24. The van der Waals surface area contributed by atoms with Gasteiger partial charge in [-0.05, 0) is 50.7 Å². The summed E-state index contributed by atoms with van der Waals surface area (Å²) < 4.78 is 0. The molecule has 3 heteroatoms. The molecule has 0 bridgehead atoms. The van der Waals surface area contributed by atoms with Gasteiger partial charge in [-0.2, -0.15) is 0 Å². The van der Waals surface area contributed by atoms with E-state index in [9.17, 15) is 4.79 Å². The lowest BCUT2D eigenvalue weighted by molar-refractivity contribution is -0.134. The Morgan fingerprint density at radius 3 is 2.90 bits per heavy atom. The lowest BCUT2D eigenvalue weighted by atomic mass is 9.97. The zero-order valence-corrected chi connectivity index (χ0v) is 14.1. The maximum Gasteiger partial charge on any atom is 0.227 e. The molecule has 0 aromatic heterocycles. The van der Waals surface area contributed by atoms with E-state index in [0.717, 1.165) is 31.1 Å². The molecule has 1 fully saturated rings. The van der Waals surface area contributed by atoms with Crippen molar-refractivity contribution < 1.29 is 4.79 Å². The number of benzene rings is 1. The van der Waals surface area contributed by atoms with Crippen LogP contribution in [0, 0.1) is 13.8 Å². The Balaban J connectivity index is 2.07. The van der Waals surface area contributed by atoms with Crippen LogP contribution in [-0.2, 0) is 11.2 Å². The quantitative estimate of drug-likeness (QED) is 0.760. The molecule has 1 heterocycles. The van der Waals surface area contributed by atoms with E-state index < -0.39 is 0 Å². The number of hydrogen-bond acceptors (Lipinski definition) is 1. The van der Waals surface area contributed by atoms with Crippen molar-refractivity contribution in [2.24, 2.45) is 0 Å². The average molecular weight is 338 g/mol. The van der Waals surface area contributed by atoms with E-state index in [0.29, 0.717) is 18.4 Å². The van der Waals surface area contributed by atoms with Crippen LogP contribution in [0.5, 0.6) is 0 Å². The molecule has 110 valence electrons. The van der Waals surface area contributed by atoms with Gasteiger partial charge in [0.2, 0.25) is 5.91 Å². The van der Waals surface area contributed by atoms with Gasteiger partial charge in [-0.3, -0.25) is 4.79 Å². The van der Waals surface area contributed by atoms with Crippen molar-refractivity contribution in [3.8, 4) is 0 Å². The van der Waals surface area contributed by atoms with Gasteiger partial charge in [-0.25, -0.2) is 0 Å². The van der Waals surface area contributed by atoms with Crippen LogP contribution in [0.4, 0.5) is 0 Å². The fourth-order valence-corrected chi connectivity index (χ4v) is 3.54. The van der Waals surface area contributed by atoms with Gasteiger partial charge in [0.05, 0.1) is 6.42 Å². The van der Waals surface area contributed by atoms with Crippen molar-refractivity contribution in [1.82, 2.24) is 4.90 Å². The zero-order chi connectivity index (χ0) is 14.5. The highest BCUT2D eigenvalue weighted by molar-refractivity contribution is 9.09. The molecule has 1 aromatic rings. The van der Waals surface area contributed by atoms with E-state index in [2.05, 4.69) is 52.9 Å².